The van der Waals surface area contributed by atoms with Crippen LogP contribution in [-0.4, -0.2) is 81.1 Å². The highest BCUT2D eigenvalue weighted by Gasteiger charge is 2.22. The van der Waals surface area contributed by atoms with Gasteiger partial charge in [-0.15, -0.1) is 5.10 Å². The normalized spacial score (nSPS) is 14.2. The summed E-state index contributed by atoms with van der Waals surface area (Å²) in [5.41, 5.74) is 6.67. The summed E-state index contributed by atoms with van der Waals surface area (Å²) < 4.78 is 32.4. The van der Waals surface area contributed by atoms with Crippen molar-refractivity contribution in [1.82, 2.24) is 29.9 Å². The zero-order valence-corrected chi connectivity index (χ0v) is 18.3. The molecule has 2 N–H and O–H groups in total. The fourth-order valence-electron chi connectivity index (χ4n) is 3.65. The third kappa shape index (κ3) is 5.42. The number of fused-ring (bicyclic) bond motifs is 1. The molecule has 1 aromatic carbocycles. The van der Waals surface area contributed by atoms with Crippen LogP contribution < -0.4 is 10.6 Å². The van der Waals surface area contributed by atoms with E-state index in [9.17, 15) is 18.4 Å². The van der Waals surface area contributed by atoms with Crippen LogP contribution in [0, 0.1) is 0 Å². The van der Waals surface area contributed by atoms with E-state index in [-0.39, 0.29) is 24.6 Å². The monoisotopic (exact) mass is 474 g/mol. The van der Waals surface area contributed by atoms with Crippen LogP contribution in [0.4, 0.5) is 14.6 Å². The van der Waals surface area contributed by atoms with Gasteiger partial charge in [0.05, 0.1) is 44.1 Å². The first-order valence-corrected chi connectivity index (χ1v) is 10.8. The molecule has 34 heavy (non-hydrogen) atoms. The number of carbonyl (C=O) groups is 2. The Bertz CT molecular complexity index is 1150. The van der Waals surface area contributed by atoms with E-state index in [0.29, 0.717) is 61.7 Å². The molecule has 1 aliphatic heterocycles. The van der Waals surface area contributed by atoms with E-state index in [0.717, 1.165) is 6.20 Å². The largest absolute Gasteiger partial charge is 0.379 e. The quantitative estimate of drug-likeness (QED) is 0.455. The molecule has 2 aromatic heterocycles. The van der Waals surface area contributed by atoms with Crippen LogP contribution in [-0.2, 0) is 16.1 Å². The number of aromatic nitrogens is 5. The summed E-state index contributed by atoms with van der Waals surface area (Å²) in [6, 6.07) is 4.92. The molecule has 4 rings (SSSR count). The lowest BCUT2D eigenvalue weighted by molar-refractivity contribution is -0.132. The molecule has 1 saturated heterocycles. The zero-order chi connectivity index (χ0) is 24.1. The maximum atomic E-state index is 12.6. The van der Waals surface area contributed by atoms with Gasteiger partial charge in [0.2, 0.25) is 11.8 Å². The van der Waals surface area contributed by atoms with Gasteiger partial charge in [-0.1, -0.05) is 5.21 Å². The standard InChI is InChI=1S/C21H24F2N8O3/c22-20(23)16-12-26-18(13-25-16)29-4-6-30(7-5-29)19(32)3-9-34-10-8-31-17-11-14(21(24)33)1-2-15(17)27-28-31/h1-2,11-13,20H,3-10H2,(H2,24,33). The molecule has 180 valence electrons. The first kappa shape index (κ1) is 23.4. The second kappa shape index (κ2) is 10.5. The number of carbonyl (C=O) groups excluding carboxylic acids is 2. The lowest BCUT2D eigenvalue weighted by atomic mass is 10.2. The maximum absolute atomic E-state index is 12.6. The molecule has 0 atom stereocenters. The third-order valence-electron chi connectivity index (χ3n) is 5.54. The average molecular weight is 474 g/mol. The van der Waals surface area contributed by atoms with Crippen molar-refractivity contribution in [3.05, 3.63) is 41.9 Å². The number of alkyl halides is 2. The van der Waals surface area contributed by atoms with Gasteiger partial charge in [0.1, 0.15) is 17.0 Å². The Kier molecular flexibility index (Phi) is 7.21. The van der Waals surface area contributed by atoms with E-state index in [4.69, 9.17) is 10.5 Å². The number of benzene rings is 1. The maximum Gasteiger partial charge on any atom is 0.281 e. The Morgan fingerprint density at radius 2 is 1.88 bits per heavy atom. The third-order valence-corrected chi connectivity index (χ3v) is 5.54. The molecule has 13 heteroatoms. The van der Waals surface area contributed by atoms with Gasteiger partial charge in [0.15, 0.2) is 0 Å². The lowest BCUT2D eigenvalue weighted by Gasteiger charge is -2.35. The highest BCUT2D eigenvalue weighted by molar-refractivity contribution is 5.96. The summed E-state index contributed by atoms with van der Waals surface area (Å²) in [7, 11) is 0. The molecule has 0 unspecified atom stereocenters. The van der Waals surface area contributed by atoms with Crippen LogP contribution in [0.3, 0.4) is 0 Å². The summed E-state index contributed by atoms with van der Waals surface area (Å²) in [6.07, 6.45) is 0.00353. The zero-order valence-electron chi connectivity index (χ0n) is 18.3. The predicted molar refractivity (Wildman–Crippen MR) is 117 cm³/mol. The van der Waals surface area contributed by atoms with E-state index in [1.807, 2.05) is 4.90 Å². The summed E-state index contributed by atoms with van der Waals surface area (Å²) in [5.74, 6) is -0.0256. The molecule has 0 aliphatic carbocycles. The topological polar surface area (TPSA) is 132 Å². The van der Waals surface area contributed by atoms with Gasteiger partial charge >= 0.3 is 0 Å². The molecule has 3 aromatic rings. The van der Waals surface area contributed by atoms with Crippen molar-refractivity contribution in [3.8, 4) is 0 Å². The molecule has 1 aliphatic rings. The summed E-state index contributed by atoms with van der Waals surface area (Å²) >= 11 is 0. The number of primary amides is 1. The molecule has 0 spiro atoms. The van der Waals surface area contributed by atoms with Crippen molar-refractivity contribution < 1.29 is 23.1 Å². The molecular weight excluding hydrogens is 450 g/mol. The fourth-order valence-corrected chi connectivity index (χ4v) is 3.65. The number of hydrogen-bond donors (Lipinski definition) is 1. The van der Waals surface area contributed by atoms with Gasteiger partial charge in [-0.3, -0.25) is 9.59 Å². The van der Waals surface area contributed by atoms with Crippen molar-refractivity contribution >= 4 is 28.7 Å². The molecule has 0 bridgehead atoms. The Morgan fingerprint density at radius 3 is 2.56 bits per heavy atom. The van der Waals surface area contributed by atoms with Crippen LogP contribution in [0.2, 0.25) is 0 Å². The summed E-state index contributed by atoms with van der Waals surface area (Å²) in [4.78, 5) is 35.3. The number of anilines is 1. The molecule has 1 fully saturated rings. The Morgan fingerprint density at radius 1 is 1.09 bits per heavy atom. The predicted octanol–water partition coefficient (Wildman–Crippen LogP) is 1.01. The SMILES string of the molecule is NC(=O)c1ccc2nnn(CCOCCC(=O)N3CCN(c4cnc(C(F)F)cn4)CC3)c2c1. The minimum atomic E-state index is -2.65. The number of hydrogen-bond acceptors (Lipinski definition) is 8. The first-order chi connectivity index (χ1) is 16.4. The number of ether oxygens (including phenoxy) is 1. The number of rotatable bonds is 9. The van der Waals surface area contributed by atoms with Gasteiger partial charge < -0.3 is 20.3 Å². The van der Waals surface area contributed by atoms with Crippen molar-refractivity contribution in [2.45, 2.75) is 19.4 Å². The van der Waals surface area contributed by atoms with Crippen LogP contribution >= 0.6 is 0 Å². The van der Waals surface area contributed by atoms with Gasteiger partial charge in [0.25, 0.3) is 6.43 Å². The summed E-state index contributed by atoms with van der Waals surface area (Å²) in [6.45, 7) is 3.10. The fraction of sp³-hybridized carbons (Fsp3) is 0.429. The van der Waals surface area contributed by atoms with Gasteiger partial charge in [-0.05, 0) is 18.2 Å². The molecule has 0 saturated carbocycles. The van der Waals surface area contributed by atoms with Crippen molar-refractivity contribution in [2.75, 3.05) is 44.3 Å². The van der Waals surface area contributed by atoms with Crippen LogP contribution in [0.5, 0.6) is 0 Å². The molecule has 3 heterocycles. The number of piperazine rings is 1. The number of amides is 2. The van der Waals surface area contributed by atoms with Crippen molar-refractivity contribution in [1.29, 1.82) is 0 Å². The van der Waals surface area contributed by atoms with Crippen LogP contribution in [0.15, 0.2) is 30.6 Å². The number of nitrogens with zero attached hydrogens (tertiary/aromatic N) is 7. The smallest absolute Gasteiger partial charge is 0.281 e. The Hall–Kier alpha value is -3.74. The van der Waals surface area contributed by atoms with Gasteiger partial charge in [0, 0.05) is 31.7 Å². The highest BCUT2D eigenvalue weighted by atomic mass is 19.3. The van der Waals surface area contributed by atoms with E-state index in [1.165, 1.54) is 6.20 Å². The van der Waals surface area contributed by atoms with Gasteiger partial charge in [-0.2, -0.15) is 0 Å². The molecule has 11 nitrogen and oxygen atoms in total. The highest BCUT2D eigenvalue weighted by Crippen LogP contribution is 2.18. The Balaban J connectivity index is 1.18. The first-order valence-electron chi connectivity index (χ1n) is 10.8. The van der Waals surface area contributed by atoms with E-state index >= 15 is 0 Å². The van der Waals surface area contributed by atoms with Crippen molar-refractivity contribution in [2.24, 2.45) is 5.73 Å². The number of nitrogens with two attached hydrogens (primary N) is 1. The molecule has 2 amide bonds. The minimum absolute atomic E-state index is 0.0175. The second-order valence-electron chi connectivity index (χ2n) is 7.71. The number of halogens is 2. The second-order valence-corrected chi connectivity index (χ2v) is 7.71. The summed E-state index contributed by atoms with van der Waals surface area (Å²) in [5, 5.41) is 8.10. The molecular formula is C21H24F2N8O3. The minimum Gasteiger partial charge on any atom is -0.379 e. The lowest BCUT2D eigenvalue weighted by Crippen LogP contribution is -2.49. The van der Waals surface area contributed by atoms with Gasteiger partial charge in [-0.25, -0.2) is 23.4 Å². The molecule has 0 radical (unpaired) electrons. The van der Waals surface area contributed by atoms with Crippen molar-refractivity contribution in [3.63, 3.8) is 0 Å². The van der Waals surface area contributed by atoms with Crippen LogP contribution in [0.1, 0.15) is 28.9 Å². The Labute approximate surface area is 193 Å². The van der Waals surface area contributed by atoms with E-state index in [1.54, 1.807) is 27.8 Å². The van der Waals surface area contributed by atoms with Crippen LogP contribution in [0.25, 0.3) is 11.0 Å². The van der Waals surface area contributed by atoms with E-state index < -0.39 is 12.3 Å². The average Bonchev–Trinajstić information content (AvgIpc) is 3.26. The van der Waals surface area contributed by atoms with E-state index in [2.05, 4.69) is 20.3 Å².